The van der Waals surface area contributed by atoms with Crippen LogP contribution in [0.4, 0.5) is 11.6 Å². The second-order valence-electron chi connectivity index (χ2n) is 5.78. The molecular formula is C16H22N6. The second kappa shape index (κ2) is 6.68. The van der Waals surface area contributed by atoms with Crippen molar-refractivity contribution in [2.24, 2.45) is 5.92 Å². The molecule has 6 heteroatoms. The van der Waals surface area contributed by atoms with Gasteiger partial charge in [0.15, 0.2) is 0 Å². The fourth-order valence-corrected chi connectivity index (χ4v) is 3.05. The van der Waals surface area contributed by atoms with Gasteiger partial charge in [0.25, 0.3) is 0 Å². The Hall–Kier alpha value is -2.24. The van der Waals surface area contributed by atoms with Crippen LogP contribution < -0.4 is 10.2 Å². The van der Waals surface area contributed by atoms with E-state index in [1.807, 2.05) is 14.0 Å². The molecule has 0 aliphatic carbocycles. The van der Waals surface area contributed by atoms with E-state index >= 15 is 0 Å². The minimum Gasteiger partial charge on any atom is -0.372 e. The van der Waals surface area contributed by atoms with Crippen LogP contribution in [0.15, 0.2) is 24.8 Å². The van der Waals surface area contributed by atoms with Crippen molar-refractivity contribution in [2.45, 2.75) is 26.2 Å². The summed E-state index contributed by atoms with van der Waals surface area (Å²) in [6.07, 6.45) is 8.50. The van der Waals surface area contributed by atoms with Gasteiger partial charge in [0, 0.05) is 44.3 Å². The molecule has 2 aromatic heterocycles. The van der Waals surface area contributed by atoms with E-state index in [9.17, 15) is 0 Å². The molecule has 22 heavy (non-hydrogen) atoms. The van der Waals surface area contributed by atoms with E-state index in [2.05, 4.69) is 36.2 Å². The van der Waals surface area contributed by atoms with Crippen molar-refractivity contribution in [2.75, 3.05) is 30.4 Å². The summed E-state index contributed by atoms with van der Waals surface area (Å²) < 4.78 is 0. The first-order chi connectivity index (χ1) is 10.8. The Morgan fingerprint density at radius 1 is 1.23 bits per heavy atom. The van der Waals surface area contributed by atoms with Gasteiger partial charge in [0.05, 0.1) is 5.69 Å². The van der Waals surface area contributed by atoms with Gasteiger partial charge in [0.2, 0.25) is 0 Å². The summed E-state index contributed by atoms with van der Waals surface area (Å²) in [7, 11) is 1.89. The lowest BCUT2D eigenvalue weighted by Gasteiger charge is -2.33. The quantitative estimate of drug-likeness (QED) is 0.932. The summed E-state index contributed by atoms with van der Waals surface area (Å²) in [5, 5.41) is 3.13. The zero-order valence-corrected chi connectivity index (χ0v) is 13.2. The van der Waals surface area contributed by atoms with E-state index in [0.717, 1.165) is 42.5 Å². The van der Waals surface area contributed by atoms with E-state index < -0.39 is 0 Å². The third kappa shape index (κ3) is 3.32. The number of piperidine rings is 1. The number of nitrogens with one attached hydrogen (secondary N) is 1. The maximum absolute atomic E-state index is 4.49. The van der Waals surface area contributed by atoms with Gasteiger partial charge >= 0.3 is 0 Å². The summed E-state index contributed by atoms with van der Waals surface area (Å²) >= 11 is 0. The van der Waals surface area contributed by atoms with Crippen molar-refractivity contribution in [3.8, 4) is 0 Å². The maximum Gasteiger partial charge on any atom is 0.147 e. The van der Waals surface area contributed by atoms with Crippen LogP contribution in [0.3, 0.4) is 0 Å². The molecule has 0 saturated carbocycles. The molecule has 1 saturated heterocycles. The molecule has 0 amide bonds. The topological polar surface area (TPSA) is 66.8 Å². The van der Waals surface area contributed by atoms with Gasteiger partial charge in [0.1, 0.15) is 18.0 Å². The zero-order valence-electron chi connectivity index (χ0n) is 13.2. The normalized spacial score (nSPS) is 18.3. The van der Waals surface area contributed by atoms with Gasteiger partial charge < -0.3 is 10.2 Å². The minimum atomic E-state index is 0.577. The summed E-state index contributed by atoms with van der Waals surface area (Å²) in [5.41, 5.74) is 2.06. The molecule has 3 heterocycles. The Balaban J connectivity index is 1.70. The third-order valence-corrected chi connectivity index (χ3v) is 4.13. The summed E-state index contributed by atoms with van der Waals surface area (Å²) in [4.78, 5) is 19.8. The number of aromatic nitrogens is 4. The van der Waals surface area contributed by atoms with Gasteiger partial charge in [-0.1, -0.05) is 0 Å². The van der Waals surface area contributed by atoms with Crippen LogP contribution in [0.5, 0.6) is 0 Å². The van der Waals surface area contributed by atoms with Gasteiger partial charge in [-0.25, -0.2) is 15.0 Å². The van der Waals surface area contributed by atoms with Crippen LogP contribution in [0.1, 0.15) is 24.2 Å². The SMILES string of the molecule is CNc1nccnc1CC1CCCN(c2cc(C)ncn2)C1. The van der Waals surface area contributed by atoms with Crippen LogP contribution in [-0.4, -0.2) is 40.1 Å². The number of hydrogen-bond acceptors (Lipinski definition) is 6. The third-order valence-electron chi connectivity index (χ3n) is 4.13. The largest absolute Gasteiger partial charge is 0.372 e. The molecule has 2 aromatic rings. The summed E-state index contributed by atoms with van der Waals surface area (Å²) in [6, 6.07) is 2.06. The molecule has 0 radical (unpaired) electrons. The molecule has 6 nitrogen and oxygen atoms in total. The lowest BCUT2D eigenvalue weighted by Crippen LogP contribution is -2.37. The number of nitrogens with zero attached hydrogens (tertiary/aromatic N) is 5. The van der Waals surface area contributed by atoms with Crippen LogP contribution in [-0.2, 0) is 6.42 Å². The first kappa shape index (κ1) is 14.7. The lowest BCUT2D eigenvalue weighted by molar-refractivity contribution is 0.408. The Morgan fingerprint density at radius 3 is 2.91 bits per heavy atom. The Labute approximate surface area is 131 Å². The first-order valence-corrected chi connectivity index (χ1v) is 7.77. The number of anilines is 2. The highest BCUT2D eigenvalue weighted by atomic mass is 15.2. The lowest BCUT2D eigenvalue weighted by atomic mass is 9.93. The molecule has 0 spiro atoms. The molecule has 1 unspecified atom stereocenters. The summed E-state index contributed by atoms with van der Waals surface area (Å²) in [6.45, 7) is 4.08. The Bertz CT molecular complexity index is 630. The smallest absolute Gasteiger partial charge is 0.147 e. The van der Waals surface area contributed by atoms with Crippen LogP contribution in [0.25, 0.3) is 0 Å². The van der Waals surface area contributed by atoms with Gasteiger partial charge in [-0.15, -0.1) is 0 Å². The molecule has 1 fully saturated rings. The van der Waals surface area contributed by atoms with Crippen LogP contribution >= 0.6 is 0 Å². The maximum atomic E-state index is 4.49. The van der Waals surface area contributed by atoms with E-state index in [1.165, 1.54) is 12.8 Å². The molecule has 116 valence electrons. The predicted octanol–water partition coefficient (Wildman–Crippen LogP) is 2.08. The average molecular weight is 298 g/mol. The average Bonchev–Trinajstić information content (AvgIpc) is 2.56. The Morgan fingerprint density at radius 2 is 2.09 bits per heavy atom. The second-order valence-corrected chi connectivity index (χ2v) is 5.78. The van der Waals surface area contributed by atoms with Crippen molar-refractivity contribution in [3.63, 3.8) is 0 Å². The highest BCUT2D eigenvalue weighted by Crippen LogP contribution is 2.25. The van der Waals surface area contributed by atoms with E-state index in [1.54, 1.807) is 18.7 Å². The number of rotatable bonds is 4. The van der Waals surface area contributed by atoms with E-state index in [4.69, 9.17) is 0 Å². The zero-order chi connectivity index (χ0) is 15.4. The molecule has 1 atom stereocenters. The van der Waals surface area contributed by atoms with Crippen molar-refractivity contribution >= 4 is 11.6 Å². The monoisotopic (exact) mass is 298 g/mol. The molecule has 0 bridgehead atoms. The fourth-order valence-electron chi connectivity index (χ4n) is 3.05. The fraction of sp³-hybridized carbons (Fsp3) is 0.500. The molecular weight excluding hydrogens is 276 g/mol. The first-order valence-electron chi connectivity index (χ1n) is 7.77. The van der Waals surface area contributed by atoms with Crippen molar-refractivity contribution in [1.29, 1.82) is 0 Å². The van der Waals surface area contributed by atoms with Crippen molar-refractivity contribution in [1.82, 2.24) is 19.9 Å². The van der Waals surface area contributed by atoms with E-state index in [0.29, 0.717) is 5.92 Å². The highest BCUT2D eigenvalue weighted by Gasteiger charge is 2.22. The predicted molar refractivity (Wildman–Crippen MR) is 87.0 cm³/mol. The number of hydrogen-bond donors (Lipinski definition) is 1. The Kier molecular flexibility index (Phi) is 4.46. The highest BCUT2D eigenvalue weighted by molar-refractivity contribution is 5.41. The van der Waals surface area contributed by atoms with Gasteiger partial charge in [-0.2, -0.15) is 0 Å². The minimum absolute atomic E-state index is 0.577. The van der Waals surface area contributed by atoms with Crippen LogP contribution in [0, 0.1) is 12.8 Å². The van der Waals surface area contributed by atoms with Crippen LogP contribution in [0.2, 0.25) is 0 Å². The molecule has 3 rings (SSSR count). The van der Waals surface area contributed by atoms with Gasteiger partial charge in [-0.05, 0) is 32.1 Å². The van der Waals surface area contributed by atoms with Gasteiger partial charge in [-0.3, -0.25) is 4.98 Å². The standard InChI is InChI=1S/C16H22N6/c1-12-8-15(21-11-20-12)22-7-3-4-13(10-22)9-14-16(17-2)19-6-5-18-14/h5-6,8,11,13H,3-4,7,9-10H2,1-2H3,(H,17,19). The molecule has 0 aromatic carbocycles. The van der Waals surface area contributed by atoms with Crippen molar-refractivity contribution in [3.05, 3.63) is 36.2 Å². The van der Waals surface area contributed by atoms with E-state index in [-0.39, 0.29) is 0 Å². The molecule has 1 aliphatic heterocycles. The summed E-state index contributed by atoms with van der Waals surface area (Å²) in [5.74, 6) is 2.50. The number of aryl methyl sites for hydroxylation is 1. The van der Waals surface area contributed by atoms with Crippen molar-refractivity contribution < 1.29 is 0 Å². The molecule has 1 aliphatic rings. The molecule has 1 N–H and O–H groups in total.